The lowest BCUT2D eigenvalue weighted by molar-refractivity contribution is -0.155. The fraction of sp³-hybridized carbons (Fsp3) is 0.500. The Labute approximate surface area is 318 Å². The molecule has 3 aliphatic heterocycles. The summed E-state index contributed by atoms with van der Waals surface area (Å²) in [5, 5.41) is 23.1. The lowest BCUT2D eigenvalue weighted by atomic mass is 9.83. The third kappa shape index (κ3) is 8.20. The molecule has 0 unspecified atom stereocenters. The number of carbonyl (C=O) groups excluding carboxylic acids is 3. The number of ether oxygens (including phenoxy) is 2. The van der Waals surface area contributed by atoms with E-state index in [1.807, 2.05) is 19.9 Å². The number of aryl methyl sites for hydroxylation is 1. The predicted molar refractivity (Wildman–Crippen MR) is 210 cm³/mol. The number of phenolic OH excluding ortho intramolecular Hbond substituents is 1. The maximum atomic E-state index is 14.2. The van der Waals surface area contributed by atoms with Crippen molar-refractivity contribution >= 4 is 34.3 Å². The van der Waals surface area contributed by atoms with Crippen molar-refractivity contribution in [1.82, 2.24) is 31.0 Å². The predicted octanol–water partition coefficient (Wildman–Crippen LogP) is 4.44. The molecule has 12 nitrogen and oxygen atoms in total. The van der Waals surface area contributed by atoms with E-state index in [1.165, 1.54) is 5.01 Å². The SMILES string of the molecule is CCn1c(C2=CNCC=C2COC)c2c3cc(ccc31)-c1cc(O)cc(c1)C[C@H](NC(=O)[C@@H](NC)C(C)C)C(=O)N1CCC[C@H](N1)C(=O)OCC(C)(C)C2. The van der Waals surface area contributed by atoms with Gasteiger partial charge in [0.1, 0.15) is 17.8 Å². The van der Waals surface area contributed by atoms with Gasteiger partial charge in [-0.05, 0) is 91.2 Å². The summed E-state index contributed by atoms with van der Waals surface area (Å²) in [6.07, 6.45) is 6.08. The molecule has 6 rings (SSSR count). The molecule has 0 aliphatic carbocycles. The molecular weight excluding hydrogens is 684 g/mol. The second kappa shape index (κ2) is 16.4. The van der Waals surface area contributed by atoms with Crippen LogP contribution in [0.15, 0.2) is 54.2 Å². The molecule has 3 atom stereocenters. The Morgan fingerprint density at radius 1 is 1.15 bits per heavy atom. The van der Waals surface area contributed by atoms with Crippen molar-refractivity contribution in [3.8, 4) is 16.9 Å². The van der Waals surface area contributed by atoms with Crippen molar-refractivity contribution in [3.05, 3.63) is 71.1 Å². The van der Waals surface area contributed by atoms with Gasteiger partial charge in [-0.15, -0.1) is 0 Å². The summed E-state index contributed by atoms with van der Waals surface area (Å²) in [7, 11) is 3.43. The molecular formula is C42H56N6O6. The first-order chi connectivity index (χ1) is 25.8. The number of hydrazine groups is 1. The number of nitrogens with one attached hydrogen (secondary N) is 4. The summed E-state index contributed by atoms with van der Waals surface area (Å²) in [6.45, 7) is 12.7. The quantitative estimate of drug-likeness (QED) is 0.212. The molecule has 5 N–H and O–H groups in total. The Bertz CT molecular complexity index is 1960. The van der Waals surface area contributed by atoms with Crippen LogP contribution in [0.2, 0.25) is 0 Å². The van der Waals surface area contributed by atoms with Crippen LogP contribution >= 0.6 is 0 Å². The maximum Gasteiger partial charge on any atom is 0.324 e. The van der Waals surface area contributed by atoms with Crippen molar-refractivity contribution in [2.24, 2.45) is 11.3 Å². The zero-order chi connectivity index (χ0) is 38.7. The second-order valence-corrected chi connectivity index (χ2v) is 15.9. The van der Waals surface area contributed by atoms with E-state index < -0.39 is 29.5 Å². The fourth-order valence-corrected chi connectivity index (χ4v) is 8.10. The molecule has 290 valence electrons. The Morgan fingerprint density at radius 3 is 2.67 bits per heavy atom. The van der Waals surface area contributed by atoms with Gasteiger partial charge in [0.15, 0.2) is 0 Å². The number of aromatic hydroxyl groups is 1. The third-order valence-electron chi connectivity index (χ3n) is 10.7. The molecule has 2 amide bonds. The van der Waals surface area contributed by atoms with Crippen molar-refractivity contribution in [2.75, 3.05) is 40.5 Å². The Kier molecular flexibility index (Phi) is 11.8. The largest absolute Gasteiger partial charge is 0.508 e. The van der Waals surface area contributed by atoms with Crippen molar-refractivity contribution < 1.29 is 29.0 Å². The number of fused-ring (bicyclic) bond motifs is 6. The van der Waals surface area contributed by atoms with Gasteiger partial charge in [0.25, 0.3) is 5.91 Å². The van der Waals surface area contributed by atoms with E-state index in [2.05, 4.69) is 77.2 Å². The molecule has 1 saturated heterocycles. The highest BCUT2D eigenvalue weighted by Gasteiger charge is 2.36. The molecule has 0 radical (unpaired) electrons. The van der Waals surface area contributed by atoms with Gasteiger partial charge in [-0.25, -0.2) is 5.43 Å². The Hall–Kier alpha value is -4.65. The topological polar surface area (TPSA) is 146 Å². The van der Waals surface area contributed by atoms with Crippen LogP contribution in [0.5, 0.6) is 5.75 Å². The maximum absolute atomic E-state index is 14.2. The fourth-order valence-electron chi connectivity index (χ4n) is 8.10. The van der Waals surface area contributed by atoms with Crippen LogP contribution in [0.3, 0.4) is 0 Å². The molecule has 2 aromatic carbocycles. The number of phenols is 1. The summed E-state index contributed by atoms with van der Waals surface area (Å²) in [5.74, 6) is -1.05. The number of esters is 1. The minimum Gasteiger partial charge on any atom is -0.508 e. The summed E-state index contributed by atoms with van der Waals surface area (Å²) in [5.41, 5.74) is 10.5. The highest BCUT2D eigenvalue weighted by molar-refractivity contribution is 5.96. The van der Waals surface area contributed by atoms with Gasteiger partial charge in [0.2, 0.25) is 5.91 Å². The number of carbonyl (C=O) groups is 3. The average molecular weight is 741 g/mol. The van der Waals surface area contributed by atoms with E-state index in [-0.39, 0.29) is 36.5 Å². The number of hydrogen-bond acceptors (Lipinski definition) is 9. The first-order valence-corrected chi connectivity index (χ1v) is 19.2. The molecule has 3 aromatic rings. The lowest BCUT2D eigenvalue weighted by Gasteiger charge is -2.36. The van der Waals surface area contributed by atoms with Gasteiger partial charge in [-0.1, -0.05) is 45.9 Å². The van der Waals surface area contributed by atoms with E-state index in [1.54, 1.807) is 26.3 Å². The molecule has 3 aliphatic rings. The number of aromatic nitrogens is 1. The number of hydrogen-bond donors (Lipinski definition) is 5. The smallest absolute Gasteiger partial charge is 0.324 e. The molecule has 54 heavy (non-hydrogen) atoms. The second-order valence-electron chi connectivity index (χ2n) is 15.9. The number of methoxy groups -OCH3 is 1. The monoisotopic (exact) mass is 740 g/mol. The molecule has 12 heteroatoms. The van der Waals surface area contributed by atoms with Crippen LogP contribution in [0, 0.1) is 11.3 Å². The van der Waals surface area contributed by atoms with E-state index in [0.29, 0.717) is 44.5 Å². The molecule has 6 bridgehead atoms. The van der Waals surface area contributed by atoms with Crippen LogP contribution < -0.4 is 21.4 Å². The average Bonchev–Trinajstić information content (AvgIpc) is 3.44. The van der Waals surface area contributed by atoms with Crippen LogP contribution in [-0.4, -0.2) is 91.1 Å². The van der Waals surface area contributed by atoms with Crippen molar-refractivity contribution in [1.29, 1.82) is 0 Å². The Morgan fingerprint density at radius 2 is 1.94 bits per heavy atom. The van der Waals surface area contributed by atoms with Crippen LogP contribution in [0.4, 0.5) is 0 Å². The van der Waals surface area contributed by atoms with Gasteiger partial charge in [0.05, 0.1) is 24.9 Å². The van der Waals surface area contributed by atoms with Gasteiger partial charge >= 0.3 is 5.97 Å². The minimum absolute atomic E-state index is 0.0237. The molecule has 4 heterocycles. The number of benzene rings is 2. The summed E-state index contributed by atoms with van der Waals surface area (Å²) in [6, 6.07) is 9.51. The van der Waals surface area contributed by atoms with E-state index in [9.17, 15) is 19.5 Å². The number of nitrogens with zero attached hydrogens (tertiary/aromatic N) is 2. The first-order valence-electron chi connectivity index (χ1n) is 19.2. The minimum atomic E-state index is -0.969. The zero-order valence-corrected chi connectivity index (χ0v) is 32.7. The van der Waals surface area contributed by atoms with Gasteiger partial charge < -0.3 is 35.1 Å². The van der Waals surface area contributed by atoms with Gasteiger partial charge in [-0.2, -0.15) is 0 Å². The number of likely N-dealkylation sites (N-methyl/N-ethyl adjacent to an activating group) is 1. The highest BCUT2D eigenvalue weighted by Crippen LogP contribution is 2.41. The van der Waals surface area contributed by atoms with Gasteiger partial charge in [0, 0.05) is 61.3 Å². The molecule has 1 aromatic heterocycles. The third-order valence-corrected chi connectivity index (χ3v) is 10.7. The van der Waals surface area contributed by atoms with Crippen LogP contribution in [0.25, 0.3) is 27.6 Å². The van der Waals surface area contributed by atoms with Crippen molar-refractivity contribution in [3.63, 3.8) is 0 Å². The molecule has 1 fully saturated rings. The molecule has 0 spiro atoms. The van der Waals surface area contributed by atoms with Gasteiger partial charge in [-0.3, -0.25) is 19.4 Å². The summed E-state index contributed by atoms with van der Waals surface area (Å²) >= 11 is 0. The number of cyclic esters (lactones) is 1. The van der Waals surface area contributed by atoms with E-state index in [4.69, 9.17) is 9.47 Å². The summed E-state index contributed by atoms with van der Waals surface area (Å²) < 4.78 is 14.0. The first kappa shape index (κ1) is 39.1. The highest BCUT2D eigenvalue weighted by atomic mass is 16.5. The normalized spacial score (nSPS) is 21.1. The number of rotatable bonds is 8. The van der Waals surface area contributed by atoms with Crippen molar-refractivity contribution in [2.45, 2.75) is 85.0 Å². The van der Waals surface area contributed by atoms with E-state index >= 15 is 0 Å². The van der Waals surface area contributed by atoms with Crippen LogP contribution in [0.1, 0.15) is 64.3 Å². The number of dihydropyridines is 1. The summed E-state index contributed by atoms with van der Waals surface area (Å²) in [4.78, 5) is 41.5. The molecule has 0 saturated carbocycles. The Balaban J connectivity index is 1.52. The standard InChI is InChI=1S/C42H56N6O6/c1-8-47-36-12-11-27-20-31(36)32(38(47)33-22-44-14-13-28(33)23-53-7)21-42(4,5)24-54-41(52)34-10-9-15-48(46-34)40(51)35(45-39(50)37(43-6)25(2)3)18-26-16-29(27)19-30(49)17-26/h11-13,16-17,19-20,22,25,34-35,37,43-44,46,49H,8-10,14-15,18,21,23-24H2,1-7H3,(H,45,50)/t34-,35-,37-/m0/s1. The lowest BCUT2D eigenvalue weighted by Crippen LogP contribution is -2.61. The number of amides is 2. The van der Waals surface area contributed by atoms with E-state index in [0.717, 1.165) is 51.0 Å². The van der Waals surface area contributed by atoms with Crippen LogP contribution in [-0.2, 0) is 43.2 Å². The zero-order valence-electron chi connectivity index (χ0n) is 32.7.